The second-order valence-electron chi connectivity index (χ2n) is 13.4. The molecule has 4 heteroatoms. The van der Waals surface area contributed by atoms with Crippen LogP contribution in [0.3, 0.4) is 0 Å². The van der Waals surface area contributed by atoms with Crippen LogP contribution in [0.4, 0.5) is 17.1 Å². The Morgan fingerprint density at radius 3 is 2.06 bits per heavy atom. The fourth-order valence-corrected chi connectivity index (χ4v) is 9.74. The molecule has 0 spiro atoms. The van der Waals surface area contributed by atoms with Crippen LogP contribution in [-0.4, -0.2) is 4.57 Å². The van der Waals surface area contributed by atoms with Crippen molar-refractivity contribution in [3.63, 3.8) is 0 Å². The Balaban J connectivity index is 1.34. The standard InChI is InChI=1S/C44H34N2S2/c1-5-28-27-47-42-31(28)17-12-21-39(42)45(40-22-13-18-34-33-16-8-11-23-41(33)48-43(34)40)36-19-9-6-14-30(36)29-24-25-38-35(26-29)32-15-7-10-20-37(32)46(38)44(2,3)4/h5-27H,1H2,2-4H3. The molecule has 0 fully saturated rings. The second kappa shape index (κ2) is 10.9. The number of rotatable bonds is 5. The van der Waals surface area contributed by atoms with Gasteiger partial charge in [-0.1, -0.05) is 97.6 Å². The topological polar surface area (TPSA) is 8.17 Å². The summed E-state index contributed by atoms with van der Waals surface area (Å²) in [7, 11) is 0. The third-order valence-electron chi connectivity index (χ3n) is 9.49. The normalized spacial score (nSPS) is 12.1. The molecule has 0 aliphatic rings. The summed E-state index contributed by atoms with van der Waals surface area (Å²) in [5, 5.41) is 8.61. The zero-order valence-electron chi connectivity index (χ0n) is 27.2. The highest BCUT2D eigenvalue weighted by atomic mass is 32.1. The molecule has 3 heterocycles. The molecule has 0 saturated heterocycles. The minimum Gasteiger partial charge on any atom is -0.335 e. The summed E-state index contributed by atoms with van der Waals surface area (Å²) >= 11 is 3.66. The highest BCUT2D eigenvalue weighted by molar-refractivity contribution is 7.26. The van der Waals surface area contributed by atoms with Gasteiger partial charge in [0.15, 0.2) is 0 Å². The molecule has 232 valence electrons. The number of anilines is 3. The first-order chi connectivity index (χ1) is 23.4. The van der Waals surface area contributed by atoms with Gasteiger partial charge in [-0.15, -0.1) is 22.7 Å². The van der Waals surface area contributed by atoms with Crippen molar-refractivity contribution >= 4 is 97.9 Å². The molecule has 48 heavy (non-hydrogen) atoms. The molecule has 3 aromatic heterocycles. The van der Waals surface area contributed by atoms with Crippen LogP contribution >= 0.6 is 22.7 Å². The molecule has 9 aromatic rings. The SMILES string of the molecule is C=Cc1csc2c(N(c3ccccc3-c3ccc4c(c3)c3ccccc3n4C(C)(C)C)c3cccc4c3sc3ccccc34)cccc12. The van der Waals surface area contributed by atoms with E-state index in [0.717, 1.165) is 5.69 Å². The summed E-state index contributed by atoms with van der Waals surface area (Å²) in [5.41, 5.74) is 9.57. The molecule has 0 aliphatic heterocycles. The molecule has 0 saturated carbocycles. The summed E-state index contributed by atoms with van der Waals surface area (Å²) in [6, 6.07) is 47.0. The third-order valence-corrected chi connectivity index (χ3v) is 11.7. The van der Waals surface area contributed by atoms with Crippen molar-refractivity contribution in [1.29, 1.82) is 0 Å². The number of nitrogens with zero attached hydrogens (tertiary/aromatic N) is 2. The molecule has 9 rings (SSSR count). The van der Waals surface area contributed by atoms with E-state index in [1.165, 1.54) is 80.1 Å². The molecule has 0 amide bonds. The van der Waals surface area contributed by atoms with Gasteiger partial charge in [-0.3, -0.25) is 0 Å². The van der Waals surface area contributed by atoms with Gasteiger partial charge in [-0.2, -0.15) is 0 Å². The van der Waals surface area contributed by atoms with Crippen LogP contribution in [0.2, 0.25) is 0 Å². The van der Waals surface area contributed by atoms with Gasteiger partial charge in [-0.05, 0) is 79.7 Å². The van der Waals surface area contributed by atoms with Gasteiger partial charge >= 0.3 is 0 Å². The minimum atomic E-state index is -0.0514. The largest absolute Gasteiger partial charge is 0.335 e. The van der Waals surface area contributed by atoms with Crippen LogP contribution in [-0.2, 0) is 5.54 Å². The Labute approximate surface area is 288 Å². The van der Waals surface area contributed by atoms with Gasteiger partial charge in [0.25, 0.3) is 0 Å². The van der Waals surface area contributed by atoms with Crippen LogP contribution in [0.15, 0.2) is 139 Å². The lowest BCUT2D eigenvalue weighted by Gasteiger charge is -2.29. The van der Waals surface area contributed by atoms with Crippen molar-refractivity contribution in [2.75, 3.05) is 4.90 Å². The summed E-state index contributed by atoms with van der Waals surface area (Å²) < 4.78 is 6.33. The van der Waals surface area contributed by atoms with E-state index in [4.69, 9.17) is 0 Å². The molecule has 0 unspecified atom stereocenters. The number of para-hydroxylation sites is 2. The fourth-order valence-electron chi connectivity index (χ4n) is 7.47. The number of thiophene rings is 2. The Hall–Kier alpha value is -5.16. The maximum absolute atomic E-state index is 4.12. The Morgan fingerprint density at radius 1 is 0.604 bits per heavy atom. The summed E-state index contributed by atoms with van der Waals surface area (Å²) in [6.07, 6.45) is 1.97. The maximum atomic E-state index is 4.12. The Kier molecular flexibility index (Phi) is 6.62. The van der Waals surface area contributed by atoms with E-state index in [-0.39, 0.29) is 5.54 Å². The lowest BCUT2D eigenvalue weighted by atomic mass is 9.99. The Morgan fingerprint density at radius 2 is 1.25 bits per heavy atom. The van der Waals surface area contributed by atoms with Gasteiger partial charge in [0.2, 0.25) is 0 Å². The highest BCUT2D eigenvalue weighted by Gasteiger charge is 2.25. The van der Waals surface area contributed by atoms with Gasteiger partial charge in [0.1, 0.15) is 0 Å². The molecule has 6 aromatic carbocycles. The zero-order chi connectivity index (χ0) is 32.6. The lowest BCUT2D eigenvalue weighted by Crippen LogP contribution is -2.21. The number of aromatic nitrogens is 1. The highest BCUT2D eigenvalue weighted by Crippen LogP contribution is 2.50. The predicted octanol–water partition coefficient (Wildman–Crippen LogP) is 13.9. The second-order valence-corrected chi connectivity index (χ2v) is 15.3. The molecule has 0 aliphatic carbocycles. The van der Waals surface area contributed by atoms with Gasteiger partial charge in [0.05, 0.1) is 26.5 Å². The molecular weight excluding hydrogens is 621 g/mol. The van der Waals surface area contributed by atoms with Gasteiger partial charge in [0, 0.05) is 53.8 Å². The minimum absolute atomic E-state index is 0.0514. The van der Waals surface area contributed by atoms with Gasteiger partial charge < -0.3 is 9.47 Å². The zero-order valence-corrected chi connectivity index (χ0v) is 28.8. The monoisotopic (exact) mass is 654 g/mol. The summed E-state index contributed by atoms with van der Waals surface area (Å²) in [6.45, 7) is 11.0. The van der Waals surface area contributed by atoms with Crippen LogP contribution in [0.1, 0.15) is 26.3 Å². The third kappa shape index (κ3) is 4.37. The number of hydrogen-bond acceptors (Lipinski definition) is 3. The van der Waals surface area contributed by atoms with E-state index in [2.05, 4.69) is 170 Å². The number of benzene rings is 6. The van der Waals surface area contributed by atoms with Crippen LogP contribution in [0.25, 0.3) is 69.3 Å². The lowest BCUT2D eigenvalue weighted by molar-refractivity contribution is 0.423. The van der Waals surface area contributed by atoms with E-state index in [1.807, 2.05) is 17.4 Å². The van der Waals surface area contributed by atoms with Crippen molar-refractivity contribution < 1.29 is 0 Å². The number of fused-ring (bicyclic) bond motifs is 7. The van der Waals surface area contributed by atoms with E-state index >= 15 is 0 Å². The van der Waals surface area contributed by atoms with Crippen LogP contribution < -0.4 is 4.90 Å². The van der Waals surface area contributed by atoms with Crippen molar-refractivity contribution in [1.82, 2.24) is 4.57 Å². The van der Waals surface area contributed by atoms with E-state index < -0.39 is 0 Å². The first-order valence-electron chi connectivity index (χ1n) is 16.4. The molecular formula is C44H34N2S2. The average Bonchev–Trinajstić information content (AvgIpc) is 3.80. The average molecular weight is 655 g/mol. The summed E-state index contributed by atoms with van der Waals surface area (Å²) in [4.78, 5) is 2.50. The molecule has 0 N–H and O–H groups in total. The molecule has 0 atom stereocenters. The fraction of sp³-hybridized carbons (Fsp3) is 0.0909. The van der Waals surface area contributed by atoms with E-state index in [1.54, 1.807) is 11.3 Å². The van der Waals surface area contributed by atoms with E-state index in [9.17, 15) is 0 Å². The Bertz CT molecular complexity index is 2700. The first kappa shape index (κ1) is 29.0. The predicted molar refractivity (Wildman–Crippen MR) is 213 cm³/mol. The van der Waals surface area contributed by atoms with Crippen LogP contribution in [0, 0.1) is 0 Å². The molecule has 2 nitrogen and oxygen atoms in total. The molecule has 0 radical (unpaired) electrons. The van der Waals surface area contributed by atoms with Crippen molar-refractivity contribution in [3.8, 4) is 11.1 Å². The smallest absolute Gasteiger partial charge is 0.0641 e. The summed E-state index contributed by atoms with van der Waals surface area (Å²) in [5.74, 6) is 0. The van der Waals surface area contributed by atoms with Crippen molar-refractivity contribution in [2.24, 2.45) is 0 Å². The first-order valence-corrected chi connectivity index (χ1v) is 18.1. The van der Waals surface area contributed by atoms with Crippen molar-refractivity contribution in [2.45, 2.75) is 26.3 Å². The van der Waals surface area contributed by atoms with Crippen LogP contribution in [0.5, 0.6) is 0 Å². The van der Waals surface area contributed by atoms with Gasteiger partial charge in [-0.25, -0.2) is 0 Å². The maximum Gasteiger partial charge on any atom is 0.0641 e. The quantitative estimate of drug-likeness (QED) is 0.179. The number of hydrogen-bond donors (Lipinski definition) is 0. The van der Waals surface area contributed by atoms with E-state index in [0.29, 0.717) is 0 Å². The van der Waals surface area contributed by atoms with Crippen molar-refractivity contribution in [3.05, 3.63) is 145 Å². The molecule has 0 bridgehead atoms.